The number of hydrogen-bond acceptors (Lipinski definition) is 2. The predicted molar refractivity (Wildman–Crippen MR) is 51.6 cm³/mol. The van der Waals surface area contributed by atoms with Crippen LogP contribution in [-0.4, -0.2) is 15.2 Å². The van der Waals surface area contributed by atoms with E-state index in [1.165, 1.54) is 0 Å². The second-order valence-electron chi connectivity index (χ2n) is 2.75. The number of rotatable bonds is 1. The molecule has 1 aromatic heterocycles. The van der Waals surface area contributed by atoms with Gasteiger partial charge in [-0.3, -0.25) is 5.10 Å². The lowest BCUT2D eigenvalue weighted by molar-refractivity contribution is 1.04. The van der Waals surface area contributed by atoms with Gasteiger partial charge in [0.05, 0.1) is 0 Å². The zero-order valence-corrected chi connectivity index (χ0v) is 7.84. The molecule has 0 fully saturated rings. The Morgan fingerprint density at radius 3 is 2.46 bits per heavy atom. The highest BCUT2D eigenvalue weighted by Crippen LogP contribution is 2.17. The average Bonchev–Trinajstić information content (AvgIpc) is 2.53. The van der Waals surface area contributed by atoms with E-state index in [-0.39, 0.29) is 0 Å². The molecule has 0 saturated carbocycles. The van der Waals surface area contributed by atoms with Crippen LogP contribution in [0.1, 0.15) is 5.82 Å². The Morgan fingerprint density at radius 2 is 1.92 bits per heavy atom. The molecule has 0 saturated heterocycles. The molecule has 1 N–H and O–H groups in total. The van der Waals surface area contributed by atoms with Gasteiger partial charge < -0.3 is 0 Å². The molecule has 1 heterocycles. The third kappa shape index (κ3) is 1.70. The van der Waals surface area contributed by atoms with E-state index >= 15 is 0 Å². The molecule has 0 amide bonds. The zero-order valence-electron chi connectivity index (χ0n) is 7.08. The summed E-state index contributed by atoms with van der Waals surface area (Å²) in [6.45, 7) is 1.87. The summed E-state index contributed by atoms with van der Waals surface area (Å²) in [7, 11) is 0. The van der Waals surface area contributed by atoms with Crippen molar-refractivity contribution in [3.05, 3.63) is 35.1 Å². The molecule has 0 radical (unpaired) electrons. The fraction of sp³-hybridized carbons (Fsp3) is 0.111. The molecular formula is C9H8ClN3. The summed E-state index contributed by atoms with van der Waals surface area (Å²) in [5.74, 6) is 1.51. The first kappa shape index (κ1) is 8.26. The molecule has 2 rings (SSSR count). The molecule has 2 aromatic rings. The minimum absolute atomic E-state index is 0.703. The number of halogens is 1. The normalized spacial score (nSPS) is 10.3. The highest BCUT2D eigenvalue weighted by molar-refractivity contribution is 6.30. The van der Waals surface area contributed by atoms with Gasteiger partial charge in [-0.1, -0.05) is 11.6 Å². The van der Waals surface area contributed by atoms with Crippen molar-refractivity contribution in [3.8, 4) is 11.4 Å². The first-order valence-electron chi connectivity index (χ1n) is 3.90. The van der Waals surface area contributed by atoms with Gasteiger partial charge in [0.15, 0.2) is 5.82 Å². The molecule has 0 atom stereocenters. The van der Waals surface area contributed by atoms with Crippen LogP contribution in [0.2, 0.25) is 5.02 Å². The highest BCUT2D eigenvalue weighted by atomic mass is 35.5. The highest BCUT2D eigenvalue weighted by Gasteiger charge is 2.01. The van der Waals surface area contributed by atoms with E-state index < -0.39 is 0 Å². The monoisotopic (exact) mass is 193 g/mol. The molecule has 3 nitrogen and oxygen atoms in total. The van der Waals surface area contributed by atoms with Crippen molar-refractivity contribution in [3.63, 3.8) is 0 Å². The van der Waals surface area contributed by atoms with Crippen LogP contribution in [0.15, 0.2) is 24.3 Å². The van der Waals surface area contributed by atoms with Gasteiger partial charge in [-0.25, -0.2) is 4.98 Å². The van der Waals surface area contributed by atoms with E-state index in [1.807, 2.05) is 31.2 Å². The Bertz CT molecular complexity index is 405. The Kier molecular flexibility index (Phi) is 2.02. The molecular weight excluding hydrogens is 186 g/mol. The topological polar surface area (TPSA) is 41.6 Å². The molecule has 0 bridgehead atoms. The number of nitrogens with zero attached hydrogens (tertiary/aromatic N) is 2. The van der Waals surface area contributed by atoms with E-state index in [0.717, 1.165) is 16.4 Å². The number of hydrogen-bond donors (Lipinski definition) is 1. The summed E-state index contributed by atoms with van der Waals surface area (Å²) in [6, 6.07) is 7.43. The lowest BCUT2D eigenvalue weighted by Gasteiger charge is -1.93. The van der Waals surface area contributed by atoms with Crippen molar-refractivity contribution < 1.29 is 0 Å². The number of nitrogens with one attached hydrogen (secondary N) is 1. The third-order valence-corrected chi connectivity index (χ3v) is 1.95. The molecule has 0 aliphatic carbocycles. The summed E-state index contributed by atoms with van der Waals surface area (Å²) >= 11 is 5.76. The van der Waals surface area contributed by atoms with Crippen LogP contribution >= 0.6 is 11.6 Å². The van der Waals surface area contributed by atoms with Crippen molar-refractivity contribution in [2.24, 2.45) is 0 Å². The minimum Gasteiger partial charge on any atom is -0.263 e. The fourth-order valence-corrected chi connectivity index (χ4v) is 1.20. The van der Waals surface area contributed by atoms with E-state index in [9.17, 15) is 0 Å². The predicted octanol–water partition coefficient (Wildman–Crippen LogP) is 2.43. The van der Waals surface area contributed by atoms with Crippen molar-refractivity contribution >= 4 is 11.6 Å². The number of benzene rings is 1. The maximum Gasteiger partial charge on any atom is 0.181 e. The summed E-state index contributed by atoms with van der Waals surface area (Å²) in [4.78, 5) is 4.20. The minimum atomic E-state index is 0.703. The third-order valence-electron chi connectivity index (χ3n) is 1.70. The van der Waals surface area contributed by atoms with Gasteiger partial charge in [-0.2, -0.15) is 5.10 Å². The molecule has 0 aliphatic rings. The maximum atomic E-state index is 5.76. The van der Waals surface area contributed by atoms with Gasteiger partial charge in [-0.05, 0) is 31.2 Å². The summed E-state index contributed by atoms with van der Waals surface area (Å²) in [5.41, 5.74) is 0.966. The van der Waals surface area contributed by atoms with Crippen LogP contribution in [0.4, 0.5) is 0 Å². The Balaban J connectivity index is 2.41. The largest absolute Gasteiger partial charge is 0.263 e. The van der Waals surface area contributed by atoms with Crippen LogP contribution in [0.3, 0.4) is 0 Å². The lowest BCUT2D eigenvalue weighted by atomic mass is 10.2. The second-order valence-corrected chi connectivity index (χ2v) is 3.19. The van der Waals surface area contributed by atoms with E-state index in [1.54, 1.807) is 0 Å². The van der Waals surface area contributed by atoms with E-state index in [4.69, 9.17) is 11.6 Å². The number of aromatic amines is 1. The summed E-state index contributed by atoms with van der Waals surface area (Å²) in [5, 5.41) is 7.54. The lowest BCUT2D eigenvalue weighted by Crippen LogP contribution is -1.79. The van der Waals surface area contributed by atoms with E-state index in [2.05, 4.69) is 15.2 Å². The summed E-state index contributed by atoms with van der Waals surface area (Å²) < 4.78 is 0. The SMILES string of the molecule is Cc1nc(-c2ccc(Cl)cc2)n[nH]1. The number of aromatic nitrogens is 3. The van der Waals surface area contributed by atoms with Gasteiger partial charge in [0.25, 0.3) is 0 Å². The van der Waals surface area contributed by atoms with Gasteiger partial charge in [0.2, 0.25) is 0 Å². The zero-order chi connectivity index (χ0) is 9.26. The average molecular weight is 194 g/mol. The fourth-order valence-electron chi connectivity index (χ4n) is 1.07. The van der Waals surface area contributed by atoms with Crippen LogP contribution in [0.5, 0.6) is 0 Å². The maximum absolute atomic E-state index is 5.76. The smallest absolute Gasteiger partial charge is 0.181 e. The number of H-pyrrole nitrogens is 1. The van der Waals surface area contributed by atoms with Crippen molar-refractivity contribution in [1.82, 2.24) is 15.2 Å². The number of aryl methyl sites for hydroxylation is 1. The van der Waals surface area contributed by atoms with Crippen LogP contribution < -0.4 is 0 Å². The van der Waals surface area contributed by atoms with Crippen molar-refractivity contribution in [2.75, 3.05) is 0 Å². The second kappa shape index (κ2) is 3.18. The van der Waals surface area contributed by atoms with Gasteiger partial charge in [0.1, 0.15) is 5.82 Å². The Morgan fingerprint density at radius 1 is 1.23 bits per heavy atom. The molecule has 4 heteroatoms. The van der Waals surface area contributed by atoms with Crippen LogP contribution in [0.25, 0.3) is 11.4 Å². The molecule has 66 valence electrons. The molecule has 0 aliphatic heterocycles. The van der Waals surface area contributed by atoms with Gasteiger partial charge in [-0.15, -0.1) is 0 Å². The van der Waals surface area contributed by atoms with E-state index in [0.29, 0.717) is 5.82 Å². The van der Waals surface area contributed by atoms with Crippen molar-refractivity contribution in [2.45, 2.75) is 6.92 Å². The first-order valence-corrected chi connectivity index (χ1v) is 4.28. The van der Waals surface area contributed by atoms with Crippen LogP contribution in [-0.2, 0) is 0 Å². The quantitative estimate of drug-likeness (QED) is 0.756. The standard InChI is InChI=1S/C9H8ClN3/c1-6-11-9(13-12-6)7-2-4-8(10)5-3-7/h2-5H,1H3,(H,11,12,13). The summed E-state index contributed by atoms with van der Waals surface area (Å²) in [6.07, 6.45) is 0. The molecule has 1 aromatic carbocycles. The van der Waals surface area contributed by atoms with Crippen LogP contribution in [0, 0.1) is 6.92 Å². The Hall–Kier alpha value is -1.35. The molecule has 13 heavy (non-hydrogen) atoms. The van der Waals surface area contributed by atoms with Gasteiger partial charge >= 0.3 is 0 Å². The molecule has 0 unspecified atom stereocenters. The molecule has 0 spiro atoms. The Labute approximate surface area is 80.8 Å². The van der Waals surface area contributed by atoms with Gasteiger partial charge in [0, 0.05) is 10.6 Å². The first-order chi connectivity index (χ1) is 6.25. The van der Waals surface area contributed by atoms with Crippen molar-refractivity contribution in [1.29, 1.82) is 0 Å².